The Hall–Kier alpha value is -2.16. The summed E-state index contributed by atoms with van der Waals surface area (Å²) in [5.74, 6) is 0. The molecule has 0 unspecified atom stereocenters. The Morgan fingerprint density at radius 2 is 1.47 bits per heavy atom. The number of hydrogen-bond acceptors (Lipinski definition) is 2. The summed E-state index contributed by atoms with van der Waals surface area (Å²) in [5, 5.41) is 4.29. The zero-order chi connectivity index (χ0) is 12.1. The summed E-state index contributed by atoms with van der Waals surface area (Å²) < 4.78 is 13.7. The standard InChI is InChI=1S/C14H13FN2/c1-12(13-8-4-2-5-9-13)16-17(15)14-10-6-3-7-11-14/h2-11H,1H3/b16-12+. The SMILES string of the molecule is C/C(=N\N(F)c1ccccc1)c1ccccc1. The van der Waals surface area contributed by atoms with E-state index in [0.717, 1.165) is 5.56 Å². The second-order valence-electron chi connectivity index (χ2n) is 3.65. The summed E-state index contributed by atoms with van der Waals surface area (Å²) in [4.78, 5) is 0. The number of benzene rings is 2. The van der Waals surface area contributed by atoms with Gasteiger partial charge in [0.1, 0.15) is 0 Å². The monoisotopic (exact) mass is 228 g/mol. The zero-order valence-corrected chi connectivity index (χ0v) is 9.55. The minimum atomic E-state index is 0.391. The second-order valence-corrected chi connectivity index (χ2v) is 3.65. The van der Waals surface area contributed by atoms with Gasteiger partial charge in [-0.2, -0.15) is 0 Å². The Bertz CT molecular complexity index is 494. The number of anilines is 1. The molecule has 3 heteroatoms. The van der Waals surface area contributed by atoms with Crippen molar-refractivity contribution in [1.29, 1.82) is 0 Å². The maximum atomic E-state index is 13.7. The highest BCUT2D eigenvalue weighted by atomic mass is 19.2. The maximum Gasteiger partial charge on any atom is 0.0953 e. The second kappa shape index (κ2) is 5.25. The van der Waals surface area contributed by atoms with Crippen LogP contribution in [0.3, 0.4) is 0 Å². The van der Waals surface area contributed by atoms with Gasteiger partial charge in [-0.05, 0) is 24.6 Å². The van der Waals surface area contributed by atoms with Crippen molar-refractivity contribution in [3.8, 4) is 0 Å². The van der Waals surface area contributed by atoms with Crippen molar-refractivity contribution in [1.82, 2.24) is 0 Å². The van der Waals surface area contributed by atoms with Gasteiger partial charge < -0.3 is 0 Å². The predicted octanol–water partition coefficient (Wildman–Crippen LogP) is 3.80. The Balaban J connectivity index is 2.20. The molecule has 0 saturated heterocycles. The van der Waals surface area contributed by atoms with E-state index in [0.29, 0.717) is 16.6 Å². The van der Waals surface area contributed by atoms with Crippen molar-refractivity contribution in [3.05, 3.63) is 66.2 Å². The van der Waals surface area contributed by atoms with Crippen molar-refractivity contribution in [2.45, 2.75) is 6.92 Å². The molecule has 86 valence electrons. The van der Waals surface area contributed by atoms with Gasteiger partial charge in [0.25, 0.3) is 0 Å². The molecule has 0 aliphatic carbocycles. The first kappa shape index (κ1) is 11.3. The normalized spacial score (nSPS) is 11.3. The van der Waals surface area contributed by atoms with Crippen LogP contribution in [-0.2, 0) is 0 Å². The lowest BCUT2D eigenvalue weighted by Crippen LogP contribution is -2.07. The van der Waals surface area contributed by atoms with E-state index >= 15 is 0 Å². The van der Waals surface area contributed by atoms with Gasteiger partial charge in [-0.15, -0.1) is 5.10 Å². The molecule has 17 heavy (non-hydrogen) atoms. The van der Waals surface area contributed by atoms with E-state index in [2.05, 4.69) is 5.10 Å². The molecule has 2 nitrogen and oxygen atoms in total. The first-order chi connectivity index (χ1) is 8.27. The lowest BCUT2D eigenvalue weighted by molar-refractivity contribution is 0.447. The number of rotatable bonds is 3. The summed E-state index contributed by atoms with van der Waals surface area (Å²) in [7, 11) is 0. The lowest BCUT2D eigenvalue weighted by atomic mass is 10.1. The fourth-order valence-corrected chi connectivity index (χ4v) is 1.48. The highest BCUT2D eigenvalue weighted by molar-refractivity contribution is 5.99. The van der Waals surface area contributed by atoms with E-state index in [1.54, 1.807) is 31.2 Å². The van der Waals surface area contributed by atoms with Gasteiger partial charge in [0.15, 0.2) is 0 Å². The molecule has 0 aliphatic heterocycles. The average molecular weight is 228 g/mol. The summed E-state index contributed by atoms with van der Waals surface area (Å²) in [6, 6.07) is 18.2. The minimum absolute atomic E-state index is 0.391. The van der Waals surface area contributed by atoms with E-state index in [-0.39, 0.29) is 0 Å². The van der Waals surface area contributed by atoms with E-state index in [1.165, 1.54) is 0 Å². The van der Waals surface area contributed by atoms with Crippen LogP contribution in [0.2, 0.25) is 0 Å². The minimum Gasteiger partial charge on any atom is -0.147 e. The smallest absolute Gasteiger partial charge is 0.0953 e. The maximum absolute atomic E-state index is 13.7. The van der Waals surface area contributed by atoms with Gasteiger partial charge in [0, 0.05) is 0 Å². The van der Waals surface area contributed by atoms with Crippen molar-refractivity contribution in [2.24, 2.45) is 5.10 Å². The third-order valence-electron chi connectivity index (χ3n) is 2.40. The summed E-state index contributed by atoms with van der Waals surface area (Å²) in [6.45, 7) is 1.78. The van der Waals surface area contributed by atoms with E-state index < -0.39 is 0 Å². The van der Waals surface area contributed by atoms with Gasteiger partial charge in [-0.3, -0.25) is 0 Å². The van der Waals surface area contributed by atoms with Crippen LogP contribution < -0.4 is 5.23 Å². The summed E-state index contributed by atoms with van der Waals surface area (Å²) in [5.41, 5.74) is 1.96. The molecule has 0 heterocycles. The fourth-order valence-electron chi connectivity index (χ4n) is 1.48. The molecular formula is C14H13FN2. The molecule has 0 fully saturated rings. The van der Waals surface area contributed by atoms with Crippen molar-refractivity contribution in [3.63, 3.8) is 0 Å². The van der Waals surface area contributed by atoms with Gasteiger partial charge in [0.05, 0.1) is 11.4 Å². The molecule has 0 spiro atoms. The van der Waals surface area contributed by atoms with Crippen molar-refractivity contribution < 1.29 is 4.48 Å². The number of hydrogen-bond donors (Lipinski definition) is 0. The van der Waals surface area contributed by atoms with Crippen LogP contribution in [0.4, 0.5) is 10.2 Å². The molecule has 0 amide bonds. The highest BCUT2D eigenvalue weighted by Gasteiger charge is 2.03. The molecule has 0 N–H and O–H groups in total. The van der Waals surface area contributed by atoms with Crippen molar-refractivity contribution in [2.75, 3.05) is 5.23 Å². The molecule has 2 aromatic carbocycles. The predicted molar refractivity (Wildman–Crippen MR) is 68.7 cm³/mol. The lowest BCUT2D eigenvalue weighted by Gasteiger charge is -2.08. The van der Waals surface area contributed by atoms with Crippen LogP contribution in [-0.4, -0.2) is 5.71 Å². The van der Waals surface area contributed by atoms with Crippen LogP contribution in [0.15, 0.2) is 65.8 Å². The Kier molecular flexibility index (Phi) is 3.50. The average Bonchev–Trinajstić information content (AvgIpc) is 2.40. The molecule has 0 aromatic heterocycles. The fraction of sp³-hybridized carbons (Fsp3) is 0.0714. The number of para-hydroxylation sites is 1. The third-order valence-corrected chi connectivity index (χ3v) is 2.40. The molecule has 0 radical (unpaired) electrons. The molecule has 0 saturated carbocycles. The first-order valence-electron chi connectivity index (χ1n) is 5.39. The summed E-state index contributed by atoms with van der Waals surface area (Å²) >= 11 is 0. The van der Waals surface area contributed by atoms with E-state index in [4.69, 9.17) is 0 Å². The molecule has 0 bridgehead atoms. The van der Waals surface area contributed by atoms with Crippen LogP contribution >= 0.6 is 0 Å². The molecular weight excluding hydrogens is 215 g/mol. The zero-order valence-electron chi connectivity index (χ0n) is 9.55. The molecule has 2 aromatic rings. The first-order valence-corrected chi connectivity index (χ1v) is 5.39. The van der Waals surface area contributed by atoms with Gasteiger partial charge in [-0.25, -0.2) is 0 Å². The van der Waals surface area contributed by atoms with Crippen LogP contribution in [0, 0.1) is 0 Å². The third kappa shape index (κ3) is 2.91. The largest absolute Gasteiger partial charge is 0.147 e. The Morgan fingerprint density at radius 1 is 0.941 bits per heavy atom. The topological polar surface area (TPSA) is 15.6 Å². The molecule has 0 atom stereocenters. The highest BCUT2D eigenvalue weighted by Crippen LogP contribution is 2.14. The van der Waals surface area contributed by atoms with E-state index in [1.807, 2.05) is 36.4 Å². The van der Waals surface area contributed by atoms with Crippen LogP contribution in [0.5, 0.6) is 0 Å². The van der Waals surface area contributed by atoms with Crippen LogP contribution in [0.25, 0.3) is 0 Å². The van der Waals surface area contributed by atoms with Gasteiger partial charge >= 0.3 is 0 Å². The van der Waals surface area contributed by atoms with Gasteiger partial charge in [0.2, 0.25) is 0 Å². The van der Waals surface area contributed by atoms with Crippen molar-refractivity contribution >= 4 is 11.4 Å². The molecule has 0 aliphatic rings. The van der Waals surface area contributed by atoms with Gasteiger partial charge in [-0.1, -0.05) is 58.2 Å². The number of halogens is 1. The number of hydrazone groups is 1. The Morgan fingerprint density at radius 3 is 2.06 bits per heavy atom. The quantitative estimate of drug-likeness (QED) is 0.443. The van der Waals surface area contributed by atoms with Crippen LogP contribution in [0.1, 0.15) is 12.5 Å². The number of nitrogens with zero attached hydrogens (tertiary/aromatic N) is 2. The Labute approximate surface area is 99.9 Å². The van der Waals surface area contributed by atoms with E-state index in [9.17, 15) is 4.48 Å². The summed E-state index contributed by atoms with van der Waals surface area (Å²) in [6.07, 6.45) is 0. The molecule has 2 rings (SSSR count).